The molecule has 3 rings (SSSR count). The van der Waals surface area contributed by atoms with Crippen LogP contribution in [0.3, 0.4) is 0 Å². The highest BCUT2D eigenvalue weighted by Gasteiger charge is 2.52. The van der Waals surface area contributed by atoms with Crippen LogP contribution < -0.4 is 10.6 Å². The van der Waals surface area contributed by atoms with Crippen LogP contribution >= 0.6 is 11.6 Å². The molecule has 2 aliphatic heterocycles. The molecule has 2 N–H and O–H groups in total. The van der Waals surface area contributed by atoms with E-state index in [1.165, 1.54) is 0 Å². The van der Waals surface area contributed by atoms with Gasteiger partial charge < -0.3 is 15.4 Å². The van der Waals surface area contributed by atoms with Gasteiger partial charge in [0, 0.05) is 26.1 Å². The van der Waals surface area contributed by atoms with E-state index in [2.05, 4.69) is 10.6 Å². The Labute approximate surface area is 137 Å². The van der Waals surface area contributed by atoms with Gasteiger partial charge in [-0.15, -0.1) is 0 Å². The first-order chi connectivity index (χ1) is 11.0. The summed E-state index contributed by atoms with van der Waals surface area (Å²) in [4.78, 5) is 37.6. The summed E-state index contributed by atoms with van der Waals surface area (Å²) in [6.07, 6.45) is 0.834. The number of ether oxygens (including phenoxy) is 1. The minimum atomic E-state index is -0.931. The number of anilines is 1. The van der Waals surface area contributed by atoms with Crippen LogP contribution in [0.4, 0.5) is 10.5 Å². The summed E-state index contributed by atoms with van der Waals surface area (Å²) >= 11 is 5.97. The highest BCUT2D eigenvalue weighted by molar-refractivity contribution is 6.33. The average molecular weight is 338 g/mol. The van der Waals surface area contributed by atoms with Crippen LogP contribution in [-0.4, -0.2) is 48.0 Å². The van der Waals surface area contributed by atoms with Crippen LogP contribution in [0, 0.1) is 0 Å². The number of urea groups is 1. The standard InChI is InChI=1S/C15H16ClN3O4/c16-10-3-1-2-4-11(10)17-12(20)9-19-13(21)15(18-14(19)22)5-7-23-8-6-15/h1-4H,5-9H2,(H,17,20)(H,18,22). The summed E-state index contributed by atoms with van der Waals surface area (Å²) in [6, 6.07) is 6.20. The van der Waals surface area contributed by atoms with E-state index in [0.29, 0.717) is 36.8 Å². The fourth-order valence-electron chi connectivity index (χ4n) is 2.77. The van der Waals surface area contributed by atoms with E-state index in [4.69, 9.17) is 16.3 Å². The maximum Gasteiger partial charge on any atom is 0.325 e. The van der Waals surface area contributed by atoms with Crippen molar-refractivity contribution in [2.45, 2.75) is 18.4 Å². The lowest BCUT2D eigenvalue weighted by molar-refractivity contribution is -0.136. The number of hydrogen-bond acceptors (Lipinski definition) is 4. The molecule has 0 unspecified atom stereocenters. The molecule has 0 saturated carbocycles. The molecule has 4 amide bonds. The van der Waals surface area contributed by atoms with Gasteiger partial charge in [-0.05, 0) is 12.1 Å². The van der Waals surface area contributed by atoms with Crippen LogP contribution in [0.15, 0.2) is 24.3 Å². The van der Waals surface area contributed by atoms with Crippen LogP contribution in [0.25, 0.3) is 0 Å². The van der Waals surface area contributed by atoms with Gasteiger partial charge in [0.15, 0.2) is 0 Å². The lowest BCUT2D eigenvalue weighted by Crippen LogP contribution is -2.51. The van der Waals surface area contributed by atoms with E-state index in [1.807, 2.05) is 0 Å². The molecule has 0 aromatic heterocycles. The molecule has 8 heteroatoms. The number of nitrogens with zero attached hydrogens (tertiary/aromatic N) is 1. The molecule has 1 aromatic rings. The monoisotopic (exact) mass is 337 g/mol. The van der Waals surface area contributed by atoms with Gasteiger partial charge in [0.25, 0.3) is 5.91 Å². The smallest absolute Gasteiger partial charge is 0.325 e. The van der Waals surface area contributed by atoms with Crippen molar-refractivity contribution in [2.24, 2.45) is 0 Å². The van der Waals surface area contributed by atoms with Crippen molar-refractivity contribution in [1.29, 1.82) is 0 Å². The predicted octanol–water partition coefficient (Wildman–Crippen LogP) is 1.38. The molecule has 2 heterocycles. The summed E-state index contributed by atoms with van der Waals surface area (Å²) in [7, 11) is 0. The van der Waals surface area contributed by atoms with Crippen molar-refractivity contribution in [1.82, 2.24) is 10.2 Å². The van der Waals surface area contributed by atoms with Gasteiger partial charge in [0.2, 0.25) is 5.91 Å². The maximum absolute atomic E-state index is 12.5. The second kappa shape index (κ2) is 6.17. The fourth-order valence-corrected chi connectivity index (χ4v) is 2.96. The van der Waals surface area contributed by atoms with Crippen molar-refractivity contribution < 1.29 is 19.1 Å². The van der Waals surface area contributed by atoms with Gasteiger partial charge in [0.05, 0.1) is 10.7 Å². The number of halogens is 1. The Morgan fingerprint density at radius 3 is 2.70 bits per heavy atom. The highest BCUT2D eigenvalue weighted by Crippen LogP contribution is 2.28. The second-order valence-electron chi connectivity index (χ2n) is 5.54. The first-order valence-corrected chi connectivity index (χ1v) is 7.66. The summed E-state index contributed by atoms with van der Waals surface area (Å²) in [5.74, 6) is -0.856. The van der Waals surface area contributed by atoms with Crippen molar-refractivity contribution in [3.63, 3.8) is 0 Å². The number of rotatable bonds is 3. The molecule has 0 atom stereocenters. The zero-order valence-corrected chi connectivity index (χ0v) is 13.1. The number of hydrogen-bond donors (Lipinski definition) is 2. The molecule has 1 spiro atoms. The Hall–Kier alpha value is -2.12. The minimum absolute atomic E-state index is 0.349. The van der Waals surface area contributed by atoms with Gasteiger partial charge in [-0.2, -0.15) is 0 Å². The van der Waals surface area contributed by atoms with Gasteiger partial charge in [-0.3, -0.25) is 14.5 Å². The first kappa shape index (κ1) is 15.8. The Morgan fingerprint density at radius 1 is 1.30 bits per heavy atom. The van der Waals surface area contributed by atoms with Gasteiger partial charge in [-0.25, -0.2) is 4.79 Å². The van der Waals surface area contributed by atoms with E-state index in [-0.39, 0.29) is 12.5 Å². The van der Waals surface area contributed by atoms with E-state index in [9.17, 15) is 14.4 Å². The lowest BCUT2D eigenvalue weighted by Gasteiger charge is -2.30. The third-order valence-corrected chi connectivity index (χ3v) is 4.37. The molecule has 23 heavy (non-hydrogen) atoms. The summed E-state index contributed by atoms with van der Waals surface area (Å²) < 4.78 is 5.23. The molecule has 1 aromatic carbocycles. The summed E-state index contributed by atoms with van der Waals surface area (Å²) in [5, 5.41) is 5.69. The Balaban J connectivity index is 1.68. The maximum atomic E-state index is 12.5. The van der Waals surface area contributed by atoms with Crippen molar-refractivity contribution in [2.75, 3.05) is 25.1 Å². The Kier molecular flexibility index (Phi) is 4.23. The molecule has 7 nitrogen and oxygen atoms in total. The average Bonchev–Trinajstić information content (AvgIpc) is 2.75. The number of nitrogens with one attached hydrogen (secondary N) is 2. The second-order valence-corrected chi connectivity index (χ2v) is 5.95. The molecule has 2 saturated heterocycles. The van der Waals surface area contributed by atoms with Gasteiger partial charge >= 0.3 is 6.03 Å². The molecule has 0 aliphatic carbocycles. The number of carbonyl (C=O) groups is 3. The van der Waals surface area contributed by atoms with Gasteiger partial charge in [0.1, 0.15) is 12.1 Å². The van der Waals surface area contributed by atoms with Crippen molar-refractivity contribution in [3.05, 3.63) is 29.3 Å². The summed E-state index contributed by atoms with van der Waals surface area (Å²) in [5.41, 5.74) is -0.494. The predicted molar refractivity (Wildman–Crippen MR) is 83.1 cm³/mol. The zero-order chi connectivity index (χ0) is 16.4. The molecular formula is C15H16ClN3O4. The molecule has 0 bridgehead atoms. The van der Waals surface area contributed by atoms with Crippen LogP contribution in [0.2, 0.25) is 5.02 Å². The van der Waals surface area contributed by atoms with Gasteiger partial charge in [-0.1, -0.05) is 23.7 Å². The van der Waals surface area contributed by atoms with E-state index in [0.717, 1.165) is 4.90 Å². The molecule has 0 radical (unpaired) electrons. The molecule has 2 aliphatic rings. The van der Waals surface area contributed by atoms with E-state index < -0.39 is 17.5 Å². The Morgan fingerprint density at radius 2 is 2.00 bits per heavy atom. The van der Waals surface area contributed by atoms with Crippen LogP contribution in [0.5, 0.6) is 0 Å². The topological polar surface area (TPSA) is 87.7 Å². The third kappa shape index (κ3) is 3.02. The SMILES string of the molecule is O=C(CN1C(=O)NC2(CCOCC2)C1=O)Nc1ccccc1Cl. The highest BCUT2D eigenvalue weighted by atomic mass is 35.5. The normalized spacial score (nSPS) is 19.8. The number of carbonyl (C=O) groups excluding carboxylic acids is 3. The number of benzene rings is 1. The van der Waals surface area contributed by atoms with E-state index in [1.54, 1.807) is 24.3 Å². The number of para-hydroxylation sites is 1. The summed E-state index contributed by atoms with van der Waals surface area (Å²) in [6.45, 7) is 0.468. The minimum Gasteiger partial charge on any atom is -0.381 e. The van der Waals surface area contributed by atoms with Crippen molar-refractivity contribution >= 4 is 35.1 Å². The largest absolute Gasteiger partial charge is 0.381 e. The zero-order valence-electron chi connectivity index (χ0n) is 12.3. The first-order valence-electron chi connectivity index (χ1n) is 7.28. The third-order valence-electron chi connectivity index (χ3n) is 4.04. The van der Waals surface area contributed by atoms with E-state index >= 15 is 0 Å². The molecule has 2 fully saturated rings. The Bertz CT molecular complexity index is 658. The van der Waals surface area contributed by atoms with Crippen LogP contribution in [0.1, 0.15) is 12.8 Å². The van der Waals surface area contributed by atoms with Crippen molar-refractivity contribution in [3.8, 4) is 0 Å². The quantitative estimate of drug-likeness (QED) is 0.816. The number of amides is 4. The molecular weight excluding hydrogens is 322 g/mol. The molecule has 122 valence electrons. The van der Waals surface area contributed by atoms with Crippen LogP contribution in [-0.2, 0) is 14.3 Å². The number of imide groups is 1. The fraction of sp³-hybridized carbons (Fsp3) is 0.400. The lowest BCUT2D eigenvalue weighted by atomic mass is 9.90.